The zero-order valence-electron chi connectivity index (χ0n) is 8.42. The van der Waals surface area contributed by atoms with E-state index in [9.17, 15) is 4.39 Å². The zero-order chi connectivity index (χ0) is 10.8. The average Bonchev–Trinajstić information content (AvgIpc) is 2.16. The van der Waals surface area contributed by atoms with Crippen molar-refractivity contribution in [1.82, 2.24) is 0 Å². The van der Waals surface area contributed by atoms with Crippen LogP contribution in [-0.4, -0.2) is 19.1 Å². The quantitative estimate of drug-likeness (QED) is 0.800. The van der Waals surface area contributed by atoms with Gasteiger partial charge in [-0.1, -0.05) is 11.6 Å². The molecule has 1 heterocycles. The third-order valence-electron chi connectivity index (χ3n) is 2.67. The Kier molecular flexibility index (Phi) is 3.12. The summed E-state index contributed by atoms with van der Waals surface area (Å²) in [6.45, 7) is 1.70. The fourth-order valence-corrected chi connectivity index (χ4v) is 2.18. The first-order chi connectivity index (χ1) is 7.15. The number of nitrogens with zero attached hydrogens (tertiary/aromatic N) is 1. The van der Waals surface area contributed by atoms with Crippen LogP contribution in [-0.2, 0) is 0 Å². The van der Waals surface area contributed by atoms with Gasteiger partial charge in [0.05, 0.1) is 0 Å². The fourth-order valence-electron chi connectivity index (χ4n) is 1.97. The molecule has 1 fully saturated rings. The minimum atomic E-state index is -0.295. The Labute approximate surface area is 93.8 Å². The molecule has 0 amide bonds. The van der Waals surface area contributed by atoms with Gasteiger partial charge in [-0.3, -0.25) is 0 Å². The van der Waals surface area contributed by atoms with E-state index in [0.717, 1.165) is 31.6 Å². The first-order valence-electron chi connectivity index (χ1n) is 5.12. The number of piperidine rings is 1. The Balaban J connectivity index is 2.20. The molecule has 1 saturated heterocycles. The van der Waals surface area contributed by atoms with Crippen molar-refractivity contribution in [3.05, 3.63) is 29.0 Å². The smallest absolute Gasteiger partial charge is 0.126 e. The molecule has 1 unspecified atom stereocenters. The highest BCUT2D eigenvalue weighted by atomic mass is 35.5. The Morgan fingerprint density at radius 3 is 2.87 bits per heavy atom. The first-order valence-corrected chi connectivity index (χ1v) is 5.49. The molecule has 82 valence electrons. The molecule has 0 aliphatic carbocycles. The van der Waals surface area contributed by atoms with Gasteiger partial charge in [0.1, 0.15) is 5.82 Å². The predicted octanol–water partition coefficient (Wildman–Crippen LogP) is 2.41. The summed E-state index contributed by atoms with van der Waals surface area (Å²) in [5, 5.41) is 0.434. The van der Waals surface area contributed by atoms with Crippen LogP contribution in [0.5, 0.6) is 0 Å². The molecule has 1 aliphatic heterocycles. The van der Waals surface area contributed by atoms with Gasteiger partial charge in [-0.15, -0.1) is 0 Å². The number of nitrogens with two attached hydrogens (primary N) is 1. The Hall–Kier alpha value is -0.800. The van der Waals surface area contributed by atoms with Crippen LogP contribution >= 0.6 is 11.6 Å². The molecule has 1 atom stereocenters. The first kappa shape index (κ1) is 10.7. The maximum Gasteiger partial charge on any atom is 0.126 e. The van der Waals surface area contributed by atoms with Crippen LogP contribution < -0.4 is 10.6 Å². The lowest BCUT2D eigenvalue weighted by Crippen LogP contribution is -2.42. The van der Waals surface area contributed by atoms with E-state index < -0.39 is 0 Å². The topological polar surface area (TPSA) is 29.3 Å². The van der Waals surface area contributed by atoms with Gasteiger partial charge in [0.25, 0.3) is 0 Å². The number of anilines is 1. The average molecular weight is 229 g/mol. The van der Waals surface area contributed by atoms with Crippen molar-refractivity contribution < 1.29 is 4.39 Å². The van der Waals surface area contributed by atoms with Crippen molar-refractivity contribution in [2.45, 2.75) is 18.9 Å². The standard InChI is InChI=1S/C11H14ClFN2/c12-8-4-9(13)6-11(5-8)15-3-1-2-10(14)7-15/h4-6,10H,1-3,7,14H2. The summed E-state index contributed by atoms with van der Waals surface area (Å²) in [7, 11) is 0. The van der Waals surface area contributed by atoms with Crippen LogP contribution in [0.15, 0.2) is 18.2 Å². The number of hydrogen-bond acceptors (Lipinski definition) is 2. The van der Waals surface area contributed by atoms with Gasteiger partial charge in [0, 0.05) is 29.8 Å². The van der Waals surface area contributed by atoms with E-state index in [1.54, 1.807) is 6.07 Å². The van der Waals surface area contributed by atoms with Crippen molar-refractivity contribution >= 4 is 17.3 Å². The molecular formula is C11H14ClFN2. The highest BCUT2D eigenvalue weighted by Gasteiger charge is 2.17. The third-order valence-corrected chi connectivity index (χ3v) is 2.89. The van der Waals surface area contributed by atoms with E-state index in [1.807, 2.05) is 0 Å². The summed E-state index contributed by atoms with van der Waals surface area (Å²) in [6, 6.07) is 4.78. The van der Waals surface area contributed by atoms with E-state index in [0.29, 0.717) is 5.02 Å². The molecule has 2 rings (SSSR count). The van der Waals surface area contributed by atoms with Gasteiger partial charge >= 0.3 is 0 Å². The fraction of sp³-hybridized carbons (Fsp3) is 0.455. The highest BCUT2D eigenvalue weighted by molar-refractivity contribution is 6.30. The normalized spacial score (nSPS) is 21.8. The second-order valence-electron chi connectivity index (χ2n) is 3.98. The van der Waals surface area contributed by atoms with Crippen LogP contribution in [0.2, 0.25) is 5.02 Å². The van der Waals surface area contributed by atoms with Gasteiger partial charge in [-0.25, -0.2) is 4.39 Å². The molecule has 1 aliphatic rings. The minimum Gasteiger partial charge on any atom is -0.370 e. The van der Waals surface area contributed by atoms with Gasteiger partial charge in [0.15, 0.2) is 0 Å². The lowest BCUT2D eigenvalue weighted by molar-refractivity contribution is 0.505. The van der Waals surface area contributed by atoms with Gasteiger partial charge in [-0.05, 0) is 31.0 Å². The number of hydrogen-bond donors (Lipinski definition) is 1. The molecule has 2 N–H and O–H groups in total. The third kappa shape index (κ3) is 2.61. The monoisotopic (exact) mass is 228 g/mol. The largest absolute Gasteiger partial charge is 0.370 e. The minimum absolute atomic E-state index is 0.181. The summed E-state index contributed by atoms with van der Waals surface area (Å²) in [5.41, 5.74) is 6.70. The Bertz CT molecular complexity index is 336. The predicted molar refractivity (Wildman–Crippen MR) is 60.8 cm³/mol. The van der Waals surface area contributed by atoms with E-state index in [4.69, 9.17) is 17.3 Å². The Morgan fingerprint density at radius 1 is 1.40 bits per heavy atom. The summed E-state index contributed by atoms with van der Waals surface area (Å²) in [4.78, 5) is 2.09. The van der Waals surface area contributed by atoms with Crippen molar-refractivity contribution in [3.63, 3.8) is 0 Å². The van der Waals surface area contributed by atoms with E-state index in [1.165, 1.54) is 12.1 Å². The van der Waals surface area contributed by atoms with Crippen LogP contribution in [0, 0.1) is 5.82 Å². The highest BCUT2D eigenvalue weighted by Crippen LogP contribution is 2.24. The van der Waals surface area contributed by atoms with E-state index >= 15 is 0 Å². The molecule has 0 spiro atoms. The SMILES string of the molecule is NC1CCCN(c2cc(F)cc(Cl)c2)C1. The van der Waals surface area contributed by atoms with E-state index in [2.05, 4.69) is 4.90 Å². The second kappa shape index (κ2) is 4.37. The molecule has 15 heavy (non-hydrogen) atoms. The van der Waals surface area contributed by atoms with Crippen molar-refractivity contribution in [3.8, 4) is 0 Å². The Morgan fingerprint density at radius 2 is 2.20 bits per heavy atom. The molecule has 0 bridgehead atoms. The maximum atomic E-state index is 13.1. The summed E-state index contributed by atoms with van der Waals surface area (Å²) >= 11 is 5.81. The lowest BCUT2D eigenvalue weighted by Gasteiger charge is -2.32. The van der Waals surface area contributed by atoms with Crippen LogP contribution in [0.1, 0.15) is 12.8 Å². The van der Waals surface area contributed by atoms with E-state index in [-0.39, 0.29) is 11.9 Å². The molecule has 0 saturated carbocycles. The number of rotatable bonds is 1. The van der Waals surface area contributed by atoms with Crippen LogP contribution in [0.25, 0.3) is 0 Å². The maximum absolute atomic E-state index is 13.1. The van der Waals surface area contributed by atoms with Crippen molar-refractivity contribution in [2.24, 2.45) is 5.73 Å². The second-order valence-corrected chi connectivity index (χ2v) is 4.41. The molecule has 4 heteroatoms. The van der Waals surface area contributed by atoms with Crippen molar-refractivity contribution in [1.29, 1.82) is 0 Å². The van der Waals surface area contributed by atoms with Gasteiger partial charge < -0.3 is 10.6 Å². The molecule has 2 nitrogen and oxygen atoms in total. The van der Waals surface area contributed by atoms with Crippen molar-refractivity contribution in [2.75, 3.05) is 18.0 Å². The molecule has 1 aromatic carbocycles. The number of halogens is 2. The molecule has 0 radical (unpaired) electrons. The van der Waals surface area contributed by atoms with Gasteiger partial charge in [-0.2, -0.15) is 0 Å². The lowest BCUT2D eigenvalue weighted by atomic mass is 10.1. The van der Waals surface area contributed by atoms with Crippen LogP contribution in [0.4, 0.5) is 10.1 Å². The number of benzene rings is 1. The van der Waals surface area contributed by atoms with Crippen LogP contribution in [0.3, 0.4) is 0 Å². The summed E-state index contributed by atoms with van der Waals surface area (Å²) in [5.74, 6) is -0.295. The summed E-state index contributed by atoms with van der Waals surface area (Å²) < 4.78 is 13.1. The molecular weight excluding hydrogens is 215 g/mol. The zero-order valence-corrected chi connectivity index (χ0v) is 9.17. The summed E-state index contributed by atoms with van der Waals surface area (Å²) in [6.07, 6.45) is 2.09. The molecule has 0 aromatic heterocycles. The van der Waals surface area contributed by atoms with Gasteiger partial charge in [0.2, 0.25) is 0 Å². The molecule has 1 aromatic rings.